The number of rotatable bonds is 2. The minimum absolute atomic E-state index is 0.0440. The zero-order valence-corrected chi connectivity index (χ0v) is 11.1. The topological polar surface area (TPSA) is 27.1 Å². The minimum atomic E-state index is -0.207. The number of benzene rings is 1. The van der Waals surface area contributed by atoms with Gasteiger partial charge in [-0.1, -0.05) is 0 Å². The minimum Gasteiger partial charge on any atom is -0.488 e. The Balaban J connectivity index is 1.74. The van der Waals surface area contributed by atoms with E-state index >= 15 is 0 Å². The van der Waals surface area contributed by atoms with Crippen LogP contribution in [0.25, 0.3) is 0 Å². The molecule has 1 atom stereocenters. The van der Waals surface area contributed by atoms with Crippen LogP contribution in [0.2, 0.25) is 0 Å². The molecule has 1 aliphatic heterocycles. The van der Waals surface area contributed by atoms with Gasteiger partial charge in [0, 0.05) is 18.2 Å². The lowest BCUT2D eigenvalue weighted by Crippen LogP contribution is -2.20. The fraction of sp³-hybridized carbons (Fsp3) is 0.250. The number of aromatic nitrogens is 2. The highest BCUT2D eigenvalue weighted by atomic mass is 127. The maximum Gasteiger partial charge on any atom is 0.123 e. The third-order valence-electron chi connectivity index (χ3n) is 2.76. The van der Waals surface area contributed by atoms with Crippen LogP contribution in [0.1, 0.15) is 5.56 Å². The number of ether oxygens (including phenoxy) is 1. The van der Waals surface area contributed by atoms with Crippen molar-refractivity contribution in [3.8, 4) is 5.75 Å². The molecule has 0 aliphatic carbocycles. The highest BCUT2D eigenvalue weighted by Gasteiger charge is 2.23. The highest BCUT2D eigenvalue weighted by molar-refractivity contribution is 14.1. The van der Waals surface area contributed by atoms with Crippen LogP contribution in [0.4, 0.5) is 4.39 Å². The normalized spacial score (nSPS) is 17.9. The average molecular weight is 344 g/mol. The van der Waals surface area contributed by atoms with E-state index in [0.29, 0.717) is 6.54 Å². The van der Waals surface area contributed by atoms with Crippen molar-refractivity contribution in [1.82, 2.24) is 9.78 Å². The van der Waals surface area contributed by atoms with Crippen LogP contribution in [0.3, 0.4) is 0 Å². The Morgan fingerprint density at radius 3 is 3.18 bits per heavy atom. The zero-order chi connectivity index (χ0) is 11.8. The second kappa shape index (κ2) is 4.29. The maximum absolute atomic E-state index is 13.0. The first kappa shape index (κ1) is 11.0. The lowest BCUT2D eigenvalue weighted by atomic mass is 10.1. The van der Waals surface area contributed by atoms with Gasteiger partial charge in [-0.05, 0) is 40.8 Å². The second-order valence-corrected chi connectivity index (χ2v) is 5.32. The summed E-state index contributed by atoms with van der Waals surface area (Å²) in [6, 6.07) is 4.66. The summed E-state index contributed by atoms with van der Waals surface area (Å²) < 4.78 is 21.7. The van der Waals surface area contributed by atoms with Gasteiger partial charge in [0.1, 0.15) is 17.7 Å². The summed E-state index contributed by atoms with van der Waals surface area (Å²) in [7, 11) is 0. The molecule has 17 heavy (non-hydrogen) atoms. The molecule has 2 heterocycles. The van der Waals surface area contributed by atoms with Gasteiger partial charge in [0.05, 0.1) is 16.3 Å². The van der Waals surface area contributed by atoms with Gasteiger partial charge in [-0.2, -0.15) is 5.10 Å². The summed E-state index contributed by atoms with van der Waals surface area (Å²) in [4.78, 5) is 0. The van der Waals surface area contributed by atoms with Crippen LogP contribution < -0.4 is 4.74 Å². The molecule has 1 aliphatic rings. The molecule has 1 aromatic carbocycles. The van der Waals surface area contributed by atoms with Crippen molar-refractivity contribution in [3.63, 3.8) is 0 Å². The standard InChI is InChI=1S/C12H10FIN2O/c13-9-1-2-12-8(3-9)4-11(17-12)7-16-6-10(14)5-15-16/h1-3,5-6,11H,4,7H2. The van der Waals surface area contributed by atoms with Crippen LogP contribution in [-0.2, 0) is 13.0 Å². The van der Waals surface area contributed by atoms with Gasteiger partial charge in [-0.25, -0.2) is 4.39 Å². The van der Waals surface area contributed by atoms with Gasteiger partial charge in [0.15, 0.2) is 0 Å². The SMILES string of the molecule is Fc1ccc2c(c1)CC(Cn1cc(I)cn1)O2. The average Bonchev–Trinajstić information content (AvgIpc) is 2.84. The van der Waals surface area contributed by atoms with Crippen molar-refractivity contribution < 1.29 is 9.13 Å². The van der Waals surface area contributed by atoms with E-state index in [4.69, 9.17) is 4.74 Å². The molecule has 5 heteroatoms. The van der Waals surface area contributed by atoms with Crippen LogP contribution in [0, 0.1) is 9.39 Å². The Morgan fingerprint density at radius 2 is 2.41 bits per heavy atom. The molecular weight excluding hydrogens is 334 g/mol. The first-order chi connectivity index (χ1) is 8.20. The summed E-state index contributed by atoms with van der Waals surface area (Å²) in [5.41, 5.74) is 0.942. The Kier molecular flexibility index (Phi) is 2.78. The second-order valence-electron chi connectivity index (χ2n) is 4.08. The van der Waals surface area contributed by atoms with Gasteiger partial charge >= 0.3 is 0 Å². The lowest BCUT2D eigenvalue weighted by Gasteiger charge is -2.10. The molecule has 2 aromatic rings. The van der Waals surface area contributed by atoms with Gasteiger partial charge < -0.3 is 4.74 Å². The van der Waals surface area contributed by atoms with Crippen LogP contribution in [0.15, 0.2) is 30.6 Å². The first-order valence-electron chi connectivity index (χ1n) is 5.34. The number of hydrogen-bond acceptors (Lipinski definition) is 2. The van der Waals surface area contributed by atoms with E-state index in [-0.39, 0.29) is 11.9 Å². The van der Waals surface area contributed by atoms with E-state index in [1.165, 1.54) is 6.07 Å². The Hall–Kier alpha value is -1.11. The third-order valence-corrected chi connectivity index (χ3v) is 3.31. The van der Waals surface area contributed by atoms with E-state index in [9.17, 15) is 4.39 Å². The molecule has 0 fully saturated rings. The fourth-order valence-electron chi connectivity index (χ4n) is 2.04. The predicted molar refractivity (Wildman–Crippen MR) is 69.5 cm³/mol. The number of hydrogen-bond donors (Lipinski definition) is 0. The van der Waals surface area contributed by atoms with Crippen LogP contribution >= 0.6 is 22.6 Å². The van der Waals surface area contributed by atoms with Gasteiger partial charge in [-0.15, -0.1) is 0 Å². The summed E-state index contributed by atoms with van der Waals surface area (Å²) >= 11 is 2.22. The van der Waals surface area contributed by atoms with Crippen molar-refractivity contribution in [3.05, 3.63) is 45.5 Å². The van der Waals surface area contributed by atoms with Gasteiger partial charge in [0.25, 0.3) is 0 Å². The molecule has 0 N–H and O–H groups in total. The van der Waals surface area contributed by atoms with E-state index < -0.39 is 0 Å². The van der Waals surface area contributed by atoms with Crippen molar-refractivity contribution in [2.75, 3.05) is 0 Å². The molecule has 0 bridgehead atoms. The monoisotopic (exact) mass is 344 g/mol. The van der Waals surface area contributed by atoms with Crippen molar-refractivity contribution in [1.29, 1.82) is 0 Å². The van der Waals surface area contributed by atoms with Crippen molar-refractivity contribution in [2.45, 2.75) is 19.1 Å². The van der Waals surface area contributed by atoms with E-state index in [0.717, 1.165) is 21.3 Å². The van der Waals surface area contributed by atoms with Crippen LogP contribution in [-0.4, -0.2) is 15.9 Å². The molecular formula is C12H10FIN2O. The number of halogens is 2. The van der Waals surface area contributed by atoms with E-state index in [1.54, 1.807) is 12.1 Å². The summed E-state index contributed by atoms with van der Waals surface area (Å²) in [6.07, 6.45) is 4.56. The van der Waals surface area contributed by atoms with E-state index in [2.05, 4.69) is 27.7 Å². The quantitative estimate of drug-likeness (QED) is 0.784. The molecule has 3 rings (SSSR count). The van der Waals surface area contributed by atoms with Crippen molar-refractivity contribution >= 4 is 22.6 Å². The molecule has 0 saturated heterocycles. The number of nitrogens with zero attached hydrogens (tertiary/aromatic N) is 2. The molecule has 0 radical (unpaired) electrons. The summed E-state index contributed by atoms with van der Waals surface area (Å²) in [5.74, 6) is 0.583. The fourth-order valence-corrected chi connectivity index (χ4v) is 2.48. The predicted octanol–water partition coefficient (Wildman–Crippen LogP) is 2.63. The highest BCUT2D eigenvalue weighted by Crippen LogP contribution is 2.29. The van der Waals surface area contributed by atoms with Gasteiger partial charge in [-0.3, -0.25) is 4.68 Å². The molecule has 3 nitrogen and oxygen atoms in total. The molecule has 0 saturated carbocycles. The van der Waals surface area contributed by atoms with E-state index in [1.807, 2.05) is 17.1 Å². The molecule has 1 aromatic heterocycles. The molecule has 88 valence electrons. The largest absolute Gasteiger partial charge is 0.488 e. The summed E-state index contributed by atoms with van der Waals surface area (Å²) in [6.45, 7) is 0.694. The smallest absolute Gasteiger partial charge is 0.123 e. The van der Waals surface area contributed by atoms with Crippen molar-refractivity contribution in [2.24, 2.45) is 0 Å². The molecule has 0 amide bonds. The Morgan fingerprint density at radius 1 is 1.53 bits per heavy atom. The van der Waals surface area contributed by atoms with Crippen LogP contribution in [0.5, 0.6) is 5.75 Å². The third kappa shape index (κ3) is 2.29. The zero-order valence-electron chi connectivity index (χ0n) is 8.94. The first-order valence-corrected chi connectivity index (χ1v) is 6.41. The Bertz CT molecular complexity index is 553. The number of fused-ring (bicyclic) bond motifs is 1. The van der Waals surface area contributed by atoms with Gasteiger partial charge in [0.2, 0.25) is 0 Å². The Labute approximate surface area is 112 Å². The maximum atomic E-state index is 13.0. The lowest BCUT2D eigenvalue weighted by molar-refractivity contribution is 0.203. The molecule has 1 unspecified atom stereocenters. The summed E-state index contributed by atoms with van der Waals surface area (Å²) in [5, 5.41) is 4.21. The molecule has 0 spiro atoms.